The van der Waals surface area contributed by atoms with Gasteiger partial charge in [0.2, 0.25) is 0 Å². The lowest BCUT2D eigenvalue weighted by Gasteiger charge is -2.35. The van der Waals surface area contributed by atoms with Crippen LogP contribution in [0, 0.1) is 0 Å². The van der Waals surface area contributed by atoms with E-state index in [0.717, 1.165) is 19.4 Å². The smallest absolute Gasteiger partial charge is 0.0933 e. The van der Waals surface area contributed by atoms with Crippen molar-refractivity contribution in [3.63, 3.8) is 0 Å². The minimum Gasteiger partial charge on any atom is -0.375 e. The zero-order chi connectivity index (χ0) is 12.1. The van der Waals surface area contributed by atoms with E-state index in [0.29, 0.717) is 12.6 Å². The van der Waals surface area contributed by atoms with Crippen molar-refractivity contribution in [2.75, 3.05) is 6.61 Å². The molecule has 2 rings (SSSR count). The zero-order valence-electron chi connectivity index (χ0n) is 10.6. The molecule has 1 heterocycles. The second-order valence-corrected chi connectivity index (χ2v) is 5.19. The van der Waals surface area contributed by atoms with Gasteiger partial charge in [-0.1, -0.05) is 30.3 Å². The summed E-state index contributed by atoms with van der Waals surface area (Å²) in [7, 11) is 0. The van der Waals surface area contributed by atoms with Crippen LogP contribution in [0.5, 0.6) is 0 Å². The van der Waals surface area contributed by atoms with Crippen LogP contribution in [0.25, 0.3) is 0 Å². The van der Waals surface area contributed by atoms with E-state index in [4.69, 9.17) is 9.57 Å². The standard InChI is InChI=1S/C14H21NO2/c1-14(2)10-13(8-9-16-14)15-17-11-12-6-4-3-5-7-12/h3-7,13,15H,8-11H2,1-2H3. The third kappa shape index (κ3) is 4.11. The fraction of sp³-hybridized carbons (Fsp3) is 0.571. The Morgan fingerprint density at radius 2 is 2.12 bits per heavy atom. The van der Waals surface area contributed by atoms with Gasteiger partial charge >= 0.3 is 0 Å². The first-order chi connectivity index (χ1) is 8.16. The summed E-state index contributed by atoms with van der Waals surface area (Å²) in [6.07, 6.45) is 2.00. The minimum absolute atomic E-state index is 0.0357. The summed E-state index contributed by atoms with van der Waals surface area (Å²) >= 11 is 0. The average Bonchev–Trinajstić information content (AvgIpc) is 2.29. The van der Waals surface area contributed by atoms with Crippen LogP contribution in [0.15, 0.2) is 30.3 Å². The van der Waals surface area contributed by atoms with Gasteiger partial charge in [-0.15, -0.1) is 0 Å². The molecule has 1 N–H and O–H groups in total. The van der Waals surface area contributed by atoms with Gasteiger partial charge in [-0.2, -0.15) is 5.48 Å². The van der Waals surface area contributed by atoms with Crippen molar-refractivity contribution in [3.8, 4) is 0 Å². The number of hydrogen-bond donors (Lipinski definition) is 1. The second-order valence-electron chi connectivity index (χ2n) is 5.19. The molecule has 17 heavy (non-hydrogen) atoms. The summed E-state index contributed by atoms with van der Waals surface area (Å²) in [6, 6.07) is 10.6. The predicted octanol–water partition coefficient (Wildman–Crippen LogP) is 2.67. The number of rotatable bonds is 4. The number of hydrogen-bond acceptors (Lipinski definition) is 3. The quantitative estimate of drug-likeness (QED) is 0.814. The molecule has 3 heteroatoms. The molecule has 0 amide bonds. The first-order valence-electron chi connectivity index (χ1n) is 6.21. The molecule has 1 aromatic carbocycles. The molecule has 1 aromatic rings. The van der Waals surface area contributed by atoms with E-state index < -0.39 is 0 Å². The number of ether oxygens (including phenoxy) is 1. The summed E-state index contributed by atoms with van der Waals surface area (Å²) in [5.41, 5.74) is 4.30. The van der Waals surface area contributed by atoms with Crippen LogP contribution in [0.1, 0.15) is 32.3 Å². The molecular formula is C14H21NO2. The van der Waals surface area contributed by atoms with Gasteiger partial charge in [-0.3, -0.25) is 4.84 Å². The maximum Gasteiger partial charge on any atom is 0.0933 e. The SMILES string of the molecule is CC1(C)CC(NOCc2ccccc2)CCO1. The molecule has 3 nitrogen and oxygen atoms in total. The Kier molecular flexibility index (Phi) is 4.15. The largest absolute Gasteiger partial charge is 0.375 e. The van der Waals surface area contributed by atoms with E-state index in [1.54, 1.807) is 0 Å². The van der Waals surface area contributed by atoms with Crippen LogP contribution >= 0.6 is 0 Å². The lowest BCUT2D eigenvalue weighted by Crippen LogP contribution is -2.43. The molecule has 1 atom stereocenters. The van der Waals surface area contributed by atoms with Crippen molar-refractivity contribution in [1.29, 1.82) is 0 Å². The lowest BCUT2D eigenvalue weighted by atomic mass is 9.95. The van der Waals surface area contributed by atoms with Gasteiger partial charge in [-0.05, 0) is 32.3 Å². The van der Waals surface area contributed by atoms with Crippen molar-refractivity contribution in [2.24, 2.45) is 0 Å². The Balaban J connectivity index is 1.72. The van der Waals surface area contributed by atoms with Crippen LogP contribution in [0.2, 0.25) is 0 Å². The maximum atomic E-state index is 5.66. The maximum absolute atomic E-state index is 5.66. The Labute approximate surface area is 103 Å². The molecule has 0 saturated carbocycles. The van der Waals surface area contributed by atoms with Crippen molar-refractivity contribution in [2.45, 2.75) is 44.9 Å². The molecule has 1 unspecified atom stereocenters. The third-order valence-corrected chi connectivity index (χ3v) is 3.03. The Morgan fingerprint density at radius 3 is 2.82 bits per heavy atom. The average molecular weight is 235 g/mol. The van der Waals surface area contributed by atoms with Crippen molar-refractivity contribution in [1.82, 2.24) is 5.48 Å². The van der Waals surface area contributed by atoms with Crippen LogP contribution in [-0.2, 0) is 16.2 Å². The van der Waals surface area contributed by atoms with Gasteiger partial charge in [-0.25, -0.2) is 0 Å². The Bertz CT molecular complexity index is 337. The topological polar surface area (TPSA) is 30.5 Å². The molecule has 0 radical (unpaired) electrons. The fourth-order valence-electron chi connectivity index (χ4n) is 2.15. The Hall–Kier alpha value is -0.900. The van der Waals surface area contributed by atoms with Crippen LogP contribution in [0.3, 0.4) is 0 Å². The molecule has 0 spiro atoms. The van der Waals surface area contributed by atoms with E-state index in [2.05, 4.69) is 31.5 Å². The monoisotopic (exact) mass is 235 g/mol. The van der Waals surface area contributed by atoms with Gasteiger partial charge in [0.25, 0.3) is 0 Å². The van der Waals surface area contributed by atoms with E-state index in [1.807, 2.05) is 18.2 Å². The number of benzene rings is 1. The van der Waals surface area contributed by atoms with Crippen LogP contribution in [0.4, 0.5) is 0 Å². The summed E-state index contributed by atoms with van der Waals surface area (Å²) < 4.78 is 5.66. The number of nitrogens with one attached hydrogen (secondary N) is 1. The summed E-state index contributed by atoms with van der Waals surface area (Å²) in [4.78, 5) is 5.55. The first kappa shape index (κ1) is 12.6. The summed E-state index contributed by atoms with van der Waals surface area (Å²) in [5.74, 6) is 0. The van der Waals surface area contributed by atoms with Crippen molar-refractivity contribution in [3.05, 3.63) is 35.9 Å². The molecule has 1 fully saturated rings. The highest BCUT2D eigenvalue weighted by Crippen LogP contribution is 2.23. The Morgan fingerprint density at radius 1 is 1.35 bits per heavy atom. The molecule has 0 aliphatic carbocycles. The molecule has 1 saturated heterocycles. The normalized spacial score (nSPS) is 23.5. The van der Waals surface area contributed by atoms with Gasteiger partial charge in [0, 0.05) is 12.6 Å². The highest BCUT2D eigenvalue weighted by Gasteiger charge is 2.28. The van der Waals surface area contributed by atoms with E-state index >= 15 is 0 Å². The molecule has 1 aliphatic rings. The van der Waals surface area contributed by atoms with Crippen LogP contribution in [-0.4, -0.2) is 18.2 Å². The van der Waals surface area contributed by atoms with E-state index in [9.17, 15) is 0 Å². The molecule has 1 aliphatic heterocycles. The third-order valence-electron chi connectivity index (χ3n) is 3.03. The lowest BCUT2D eigenvalue weighted by molar-refractivity contribution is -0.0962. The van der Waals surface area contributed by atoms with E-state index in [1.165, 1.54) is 5.56 Å². The van der Waals surface area contributed by atoms with Crippen LogP contribution < -0.4 is 5.48 Å². The fourth-order valence-corrected chi connectivity index (χ4v) is 2.15. The van der Waals surface area contributed by atoms with E-state index in [-0.39, 0.29) is 5.60 Å². The number of hydroxylamine groups is 1. The van der Waals surface area contributed by atoms with Gasteiger partial charge in [0.15, 0.2) is 0 Å². The summed E-state index contributed by atoms with van der Waals surface area (Å²) in [5, 5.41) is 0. The molecule has 0 bridgehead atoms. The minimum atomic E-state index is -0.0357. The first-order valence-corrected chi connectivity index (χ1v) is 6.21. The van der Waals surface area contributed by atoms with Gasteiger partial charge in [0.05, 0.1) is 12.2 Å². The highest BCUT2D eigenvalue weighted by molar-refractivity contribution is 5.13. The molecular weight excluding hydrogens is 214 g/mol. The zero-order valence-corrected chi connectivity index (χ0v) is 10.6. The second kappa shape index (κ2) is 5.63. The van der Waals surface area contributed by atoms with Gasteiger partial charge < -0.3 is 4.74 Å². The van der Waals surface area contributed by atoms with Gasteiger partial charge in [0.1, 0.15) is 0 Å². The summed E-state index contributed by atoms with van der Waals surface area (Å²) in [6.45, 7) is 5.66. The van der Waals surface area contributed by atoms with Crippen molar-refractivity contribution >= 4 is 0 Å². The predicted molar refractivity (Wildman–Crippen MR) is 67.4 cm³/mol. The molecule has 0 aromatic heterocycles. The highest BCUT2D eigenvalue weighted by atomic mass is 16.6. The van der Waals surface area contributed by atoms with Crippen molar-refractivity contribution < 1.29 is 9.57 Å². The molecule has 94 valence electrons.